The van der Waals surface area contributed by atoms with Crippen LogP contribution in [0.3, 0.4) is 0 Å². The third-order valence-corrected chi connectivity index (χ3v) is 5.38. The first-order valence-electron chi connectivity index (χ1n) is 7.23. The average Bonchev–Trinajstić information content (AvgIpc) is 2.93. The molecule has 3 rings (SSSR count). The van der Waals surface area contributed by atoms with Gasteiger partial charge in [0.05, 0.1) is 10.4 Å². The topological polar surface area (TPSA) is 76.4 Å². The van der Waals surface area contributed by atoms with Gasteiger partial charge in [-0.25, -0.2) is 17.2 Å². The molecule has 0 spiro atoms. The van der Waals surface area contributed by atoms with Crippen LogP contribution in [0.4, 0.5) is 0 Å². The van der Waals surface area contributed by atoms with Crippen molar-refractivity contribution in [2.45, 2.75) is 11.8 Å². The highest BCUT2D eigenvalue weighted by Gasteiger charge is 2.20. The molecular formula is C18H15NO4S. The zero-order chi connectivity index (χ0) is 17.3. The lowest BCUT2D eigenvalue weighted by molar-refractivity contribution is -0.131. The number of carboxylic acid groups (broad SMARTS) is 1. The van der Waals surface area contributed by atoms with E-state index >= 15 is 0 Å². The second kappa shape index (κ2) is 5.98. The second-order valence-electron chi connectivity index (χ2n) is 5.39. The van der Waals surface area contributed by atoms with Crippen LogP contribution in [0.2, 0.25) is 0 Å². The monoisotopic (exact) mass is 341 g/mol. The van der Waals surface area contributed by atoms with Gasteiger partial charge in [-0.1, -0.05) is 35.9 Å². The number of nitrogens with zero attached hydrogens (tertiary/aromatic N) is 1. The molecular weight excluding hydrogens is 326 g/mol. The average molecular weight is 341 g/mol. The molecule has 24 heavy (non-hydrogen) atoms. The normalized spacial score (nSPS) is 12.0. The molecule has 3 aromatic rings. The number of benzene rings is 2. The van der Waals surface area contributed by atoms with Crippen molar-refractivity contribution in [1.29, 1.82) is 0 Å². The van der Waals surface area contributed by atoms with Gasteiger partial charge in [-0.2, -0.15) is 0 Å². The Hall–Kier alpha value is -2.86. The van der Waals surface area contributed by atoms with E-state index in [9.17, 15) is 13.2 Å². The van der Waals surface area contributed by atoms with Crippen molar-refractivity contribution in [2.75, 3.05) is 0 Å². The Bertz CT molecular complexity index is 1040. The second-order valence-corrected chi connectivity index (χ2v) is 7.20. The molecule has 0 amide bonds. The number of hydrogen-bond donors (Lipinski definition) is 1. The largest absolute Gasteiger partial charge is 0.478 e. The number of aromatic nitrogens is 1. The van der Waals surface area contributed by atoms with E-state index in [0.29, 0.717) is 16.5 Å². The standard InChI is InChI=1S/C18H15NO4S/c1-13-6-9-15(10-7-13)24(22,23)19-12-14(8-11-18(20)21)16-4-2-3-5-17(16)19/h2-12H,1H3,(H,20,21)/b11-8-. The molecule has 0 aliphatic carbocycles. The summed E-state index contributed by atoms with van der Waals surface area (Å²) < 4.78 is 27.1. The fourth-order valence-corrected chi connectivity index (χ4v) is 3.87. The first kappa shape index (κ1) is 16.0. The minimum Gasteiger partial charge on any atom is -0.478 e. The van der Waals surface area contributed by atoms with Gasteiger partial charge < -0.3 is 5.11 Å². The van der Waals surface area contributed by atoms with Crippen molar-refractivity contribution in [2.24, 2.45) is 0 Å². The smallest absolute Gasteiger partial charge is 0.328 e. The van der Waals surface area contributed by atoms with Crippen molar-refractivity contribution in [3.8, 4) is 0 Å². The van der Waals surface area contributed by atoms with E-state index in [1.54, 1.807) is 48.5 Å². The first-order valence-corrected chi connectivity index (χ1v) is 8.67. The van der Waals surface area contributed by atoms with Gasteiger partial charge >= 0.3 is 5.97 Å². The third-order valence-electron chi connectivity index (χ3n) is 3.69. The van der Waals surface area contributed by atoms with Gasteiger partial charge in [0.1, 0.15) is 0 Å². The van der Waals surface area contributed by atoms with Crippen LogP contribution in [0.5, 0.6) is 0 Å². The Balaban J connectivity index is 2.22. The molecule has 0 saturated heterocycles. The number of carbonyl (C=O) groups is 1. The van der Waals surface area contributed by atoms with Crippen LogP contribution >= 0.6 is 0 Å². The molecule has 6 heteroatoms. The summed E-state index contributed by atoms with van der Waals surface area (Å²) in [5.41, 5.74) is 2.00. The van der Waals surface area contributed by atoms with Crippen LogP contribution < -0.4 is 0 Å². The van der Waals surface area contributed by atoms with Gasteiger partial charge in [-0.05, 0) is 31.2 Å². The van der Waals surface area contributed by atoms with Crippen LogP contribution in [0.15, 0.2) is 65.7 Å². The molecule has 1 N–H and O–H groups in total. The summed E-state index contributed by atoms with van der Waals surface area (Å²) in [6.07, 6.45) is 3.83. The molecule has 0 aliphatic heterocycles. The predicted molar refractivity (Wildman–Crippen MR) is 92.4 cm³/mol. The predicted octanol–water partition coefficient (Wildman–Crippen LogP) is 3.28. The molecule has 0 fully saturated rings. The fourth-order valence-electron chi connectivity index (χ4n) is 2.49. The number of aliphatic carboxylic acids is 1. The van der Waals surface area contributed by atoms with E-state index in [1.165, 1.54) is 16.2 Å². The Morgan fingerprint density at radius 1 is 1.08 bits per heavy atom. The SMILES string of the molecule is Cc1ccc(S(=O)(=O)n2cc(/C=C\C(=O)O)c3ccccc32)cc1. The van der Waals surface area contributed by atoms with Crippen molar-refractivity contribution < 1.29 is 18.3 Å². The van der Waals surface area contributed by atoms with Gasteiger partial charge in [0.25, 0.3) is 10.0 Å². The summed E-state index contributed by atoms with van der Waals surface area (Å²) >= 11 is 0. The summed E-state index contributed by atoms with van der Waals surface area (Å²) in [5, 5.41) is 9.48. The highest BCUT2D eigenvalue weighted by atomic mass is 32.2. The highest BCUT2D eigenvalue weighted by molar-refractivity contribution is 7.90. The van der Waals surface area contributed by atoms with Crippen LogP contribution in [0.1, 0.15) is 11.1 Å². The van der Waals surface area contributed by atoms with Crippen molar-refractivity contribution in [3.63, 3.8) is 0 Å². The minimum absolute atomic E-state index is 0.183. The maximum Gasteiger partial charge on any atom is 0.328 e. The summed E-state index contributed by atoms with van der Waals surface area (Å²) in [6, 6.07) is 13.6. The number of rotatable bonds is 4. The van der Waals surface area contributed by atoms with Crippen LogP contribution in [0.25, 0.3) is 17.0 Å². The van der Waals surface area contributed by atoms with E-state index in [0.717, 1.165) is 11.6 Å². The Labute approximate surface area is 139 Å². The molecule has 0 saturated carbocycles. The fraction of sp³-hybridized carbons (Fsp3) is 0.0556. The molecule has 1 aromatic heterocycles. The molecule has 2 aromatic carbocycles. The maximum absolute atomic E-state index is 12.9. The molecule has 0 aliphatic rings. The Kier molecular flexibility index (Phi) is 3.99. The number of fused-ring (bicyclic) bond motifs is 1. The van der Waals surface area contributed by atoms with Gasteiger partial charge in [-0.15, -0.1) is 0 Å². The van der Waals surface area contributed by atoms with E-state index in [4.69, 9.17) is 5.11 Å². The Morgan fingerprint density at radius 2 is 1.75 bits per heavy atom. The molecule has 122 valence electrons. The molecule has 5 nitrogen and oxygen atoms in total. The lowest BCUT2D eigenvalue weighted by Gasteiger charge is -2.07. The van der Waals surface area contributed by atoms with Gasteiger partial charge in [-0.3, -0.25) is 0 Å². The van der Waals surface area contributed by atoms with Crippen LogP contribution in [0, 0.1) is 6.92 Å². The summed E-state index contributed by atoms with van der Waals surface area (Å²) in [7, 11) is -3.76. The lowest BCUT2D eigenvalue weighted by Crippen LogP contribution is -2.11. The Morgan fingerprint density at radius 3 is 2.42 bits per heavy atom. The van der Waals surface area contributed by atoms with Crippen molar-refractivity contribution in [3.05, 3.63) is 71.9 Å². The number of para-hydroxylation sites is 1. The minimum atomic E-state index is -3.76. The first-order chi connectivity index (χ1) is 11.4. The molecule has 1 heterocycles. The van der Waals surface area contributed by atoms with E-state index < -0.39 is 16.0 Å². The van der Waals surface area contributed by atoms with E-state index in [-0.39, 0.29) is 4.90 Å². The third kappa shape index (κ3) is 2.83. The molecule has 0 radical (unpaired) electrons. The summed E-state index contributed by atoms with van der Waals surface area (Å²) in [6.45, 7) is 1.89. The van der Waals surface area contributed by atoms with Crippen molar-refractivity contribution in [1.82, 2.24) is 3.97 Å². The highest BCUT2D eigenvalue weighted by Crippen LogP contribution is 2.27. The number of hydrogen-bond acceptors (Lipinski definition) is 3. The number of aryl methyl sites for hydroxylation is 1. The summed E-state index contributed by atoms with van der Waals surface area (Å²) in [4.78, 5) is 10.9. The van der Waals surface area contributed by atoms with Crippen LogP contribution in [-0.4, -0.2) is 23.5 Å². The lowest BCUT2D eigenvalue weighted by atomic mass is 10.1. The van der Waals surface area contributed by atoms with Crippen molar-refractivity contribution >= 4 is 33.0 Å². The van der Waals surface area contributed by atoms with Gasteiger partial charge in [0.15, 0.2) is 0 Å². The molecule has 0 atom stereocenters. The van der Waals surface area contributed by atoms with E-state index in [1.807, 2.05) is 6.92 Å². The summed E-state index contributed by atoms with van der Waals surface area (Å²) in [5.74, 6) is -1.09. The quantitative estimate of drug-likeness (QED) is 0.739. The molecule has 0 bridgehead atoms. The van der Waals surface area contributed by atoms with Gasteiger partial charge in [0, 0.05) is 23.2 Å². The van der Waals surface area contributed by atoms with Crippen LogP contribution in [-0.2, 0) is 14.8 Å². The number of carboxylic acids is 1. The zero-order valence-corrected chi connectivity index (χ0v) is 13.7. The maximum atomic E-state index is 12.9. The van der Waals surface area contributed by atoms with E-state index in [2.05, 4.69) is 0 Å². The molecule has 0 unspecified atom stereocenters. The zero-order valence-electron chi connectivity index (χ0n) is 12.9. The van der Waals surface area contributed by atoms with Gasteiger partial charge in [0.2, 0.25) is 0 Å².